The van der Waals surface area contributed by atoms with E-state index in [1.54, 1.807) is 13.1 Å². The van der Waals surface area contributed by atoms with Gasteiger partial charge in [-0.05, 0) is 49.6 Å². The predicted octanol–water partition coefficient (Wildman–Crippen LogP) is 3.64. The zero-order valence-electron chi connectivity index (χ0n) is 19.6. The minimum absolute atomic E-state index is 0. The molecule has 0 radical (unpaired) electrons. The first-order chi connectivity index (χ1) is 15.6. The van der Waals surface area contributed by atoms with Gasteiger partial charge >= 0.3 is 0 Å². The number of benzene rings is 2. The second-order valence-corrected chi connectivity index (χ2v) is 7.98. The van der Waals surface area contributed by atoms with Crippen molar-refractivity contribution in [3.05, 3.63) is 64.7 Å². The fourth-order valence-corrected chi connectivity index (χ4v) is 3.51. The summed E-state index contributed by atoms with van der Waals surface area (Å²) < 4.78 is 11.6. The average Bonchev–Trinajstić information content (AvgIpc) is 3.33. The maximum atomic E-state index is 11.9. The molecule has 180 valence electrons. The minimum atomic E-state index is -0.100. The molecule has 2 aromatic rings. The van der Waals surface area contributed by atoms with Crippen LogP contribution in [0.25, 0.3) is 0 Å². The normalized spacial score (nSPS) is 15.5. The van der Waals surface area contributed by atoms with Crippen molar-refractivity contribution in [3.63, 3.8) is 0 Å². The molecule has 2 aromatic carbocycles. The van der Waals surface area contributed by atoms with Crippen LogP contribution in [0.2, 0.25) is 0 Å². The molecule has 0 aliphatic carbocycles. The molecule has 1 aliphatic rings. The van der Waals surface area contributed by atoms with Gasteiger partial charge in [-0.1, -0.05) is 24.3 Å². The number of rotatable bonds is 9. The van der Waals surface area contributed by atoms with Crippen LogP contribution in [0.3, 0.4) is 0 Å². The lowest BCUT2D eigenvalue weighted by Gasteiger charge is -2.17. The van der Waals surface area contributed by atoms with Gasteiger partial charge in [0.05, 0.1) is 19.8 Å². The van der Waals surface area contributed by atoms with Gasteiger partial charge in [0.15, 0.2) is 5.96 Å². The quantitative estimate of drug-likeness (QED) is 0.245. The standard InChI is InChI=1S/C25H34N4O3.HI/c1-4-27-25(28-14-19-6-5-7-21(13-19)24(30)26-3)29-15-22-9-8-18(2)12-23(22)32-17-20-10-11-31-16-20;/h5-9,12-13,20H,4,10-11,14-17H2,1-3H3,(H,26,30)(H2,27,28,29);1H. The molecule has 3 rings (SSSR count). The highest BCUT2D eigenvalue weighted by Crippen LogP contribution is 2.22. The van der Waals surface area contributed by atoms with Crippen LogP contribution < -0.4 is 20.7 Å². The first-order valence-corrected chi connectivity index (χ1v) is 11.2. The summed E-state index contributed by atoms with van der Waals surface area (Å²) in [6.07, 6.45) is 1.05. The Morgan fingerprint density at radius 3 is 2.79 bits per heavy atom. The minimum Gasteiger partial charge on any atom is -0.493 e. The van der Waals surface area contributed by atoms with E-state index in [-0.39, 0.29) is 29.9 Å². The molecule has 0 spiro atoms. The summed E-state index contributed by atoms with van der Waals surface area (Å²) in [6.45, 7) is 8.20. The van der Waals surface area contributed by atoms with E-state index < -0.39 is 0 Å². The molecule has 1 unspecified atom stereocenters. The van der Waals surface area contributed by atoms with Crippen molar-refractivity contribution in [2.75, 3.05) is 33.4 Å². The highest BCUT2D eigenvalue weighted by atomic mass is 127. The van der Waals surface area contributed by atoms with E-state index in [1.165, 1.54) is 5.56 Å². The maximum absolute atomic E-state index is 11.9. The van der Waals surface area contributed by atoms with Crippen LogP contribution in [0.1, 0.15) is 40.4 Å². The average molecular weight is 566 g/mol. The van der Waals surface area contributed by atoms with Crippen LogP contribution in [-0.2, 0) is 17.8 Å². The molecule has 7 nitrogen and oxygen atoms in total. The third-order valence-electron chi connectivity index (χ3n) is 5.35. The molecule has 1 amide bonds. The Labute approximate surface area is 213 Å². The van der Waals surface area contributed by atoms with Gasteiger partial charge in [0.25, 0.3) is 5.91 Å². The van der Waals surface area contributed by atoms with E-state index in [4.69, 9.17) is 9.47 Å². The third kappa shape index (κ3) is 8.51. The Hall–Kier alpha value is -2.33. The third-order valence-corrected chi connectivity index (χ3v) is 5.35. The molecule has 8 heteroatoms. The van der Waals surface area contributed by atoms with Gasteiger partial charge in [0, 0.05) is 43.8 Å². The number of carbonyl (C=O) groups is 1. The Bertz CT molecular complexity index is 930. The maximum Gasteiger partial charge on any atom is 0.251 e. The largest absolute Gasteiger partial charge is 0.493 e. The van der Waals surface area contributed by atoms with Crippen molar-refractivity contribution < 1.29 is 14.3 Å². The van der Waals surface area contributed by atoms with E-state index >= 15 is 0 Å². The van der Waals surface area contributed by atoms with Crippen LogP contribution >= 0.6 is 24.0 Å². The van der Waals surface area contributed by atoms with Crippen molar-refractivity contribution in [1.82, 2.24) is 16.0 Å². The molecular formula is C25H35IN4O3. The summed E-state index contributed by atoms with van der Waals surface area (Å²) in [5.41, 5.74) is 3.86. The number of halogens is 1. The fraction of sp³-hybridized carbons (Fsp3) is 0.440. The number of aliphatic imine (C=N–C) groups is 1. The zero-order valence-corrected chi connectivity index (χ0v) is 22.0. The summed E-state index contributed by atoms with van der Waals surface area (Å²) in [4.78, 5) is 16.6. The molecule has 3 N–H and O–H groups in total. The molecular weight excluding hydrogens is 531 g/mol. The van der Waals surface area contributed by atoms with Crippen LogP contribution in [0.4, 0.5) is 0 Å². The summed E-state index contributed by atoms with van der Waals surface area (Å²) in [7, 11) is 1.63. The Kier molecular flexibility index (Phi) is 11.5. The lowest BCUT2D eigenvalue weighted by molar-refractivity contribution is 0.0963. The van der Waals surface area contributed by atoms with E-state index in [0.29, 0.717) is 37.1 Å². The van der Waals surface area contributed by atoms with Gasteiger partial charge < -0.3 is 25.4 Å². The molecule has 0 bridgehead atoms. The highest BCUT2D eigenvalue weighted by Gasteiger charge is 2.17. The molecule has 33 heavy (non-hydrogen) atoms. The second-order valence-electron chi connectivity index (χ2n) is 7.98. The smallest absolute Gasteiger partial charge is 0.251 e. The number of hydrogen-bond donors (Lipinski definition) is 3. The number of nitrogens with one attached hydrogen (secondary N) is 3. The number of amides is 1. The Morgan fingerprint density at radius 1 is 1.21 bits per heavy atom. The SMILES string of the molecule is CCNC(=NCc1cccc(C(=O)NC)c1)NCc1ccc(C)cc1OCC1CCOC1.I. The number of hydrogen-bond acceptors (Lipinski definition) is 4. The van der Waals surface area contributed by atoms with Crippen LogP contribution in [0, 0.1) is 12.8 Å². The molecule has 1 atom stereocenters. The summed E-state index contributed by atoms with van der Waals surface area (Å²) in [5, 5.41) is 9.33. The summed E-state index contributed by atoms with van der Waals surface area (Å²) >= 11 is 0. The van der Waals surface area contributed by atoms with Crippen LogP contribution in [0.5, 0.6) is 5.75 Å². The van der Waals surface area contributed by atoms with Crippen molar-refractivity contribution in [2.24, 2.45) is 10.9 Å². The lowest BCUT2D eigenvalue weighted by Crippen LogP contribution is -2.36. The molecule has 1 fully saturated rings. The van der Waals surface area contributed by atoms with E-state index in [2.05, 4.69) is 46.1 Å². The Morgan fingerprint density at radius 2 is 2.06 bits per heavy atom. The number of ether oxygens (including phenoxy) is 2. The zero-order chi connectivity index (χ0) is 22.8. The number of nitrogens with zero attached hydrogens (tertiary/aromatic N) is 1. The summed E-state index contributed by atoms with van der Waals surface area (Å²) in [6, 6.07) is 13.8. The van der Waals surface area contributed by atoms with E-state index in [1.807, 2.05) is 25.1 Å². The van der Waals surface area contributed by atoms with Gasteiger partial charge in [-0.15, -0.1) is 24.0 Å². The fourth-order valence-electron chi connectivity index (χ4n) is 3.51. The first kappa shape index (κ1) is 26.9. The monoisotopic (exact) mass is 566 g/mol. The molecule has 1 aliphatic heterocycles. The molecule has 0 saturated carbocycles. The van der Waals surface area contributed by atoms with Crippen LogP contribution in [0.15, 0.2) is 47.5 Å². The lowest BCUT2D eigenvalue weighted by atomic mass is 10.1. The van der Waals surface area contributed by atoms with Crippen molar-refractivity contribution in [2.45, 2.75) is 33.4 Å². The molecule has 0 aromatic heterocycles. The first-order valence-electron chi connectivity index (χ1n) is 11.2. The van der Waals surface area contributed by atoms with Gasteiger partial charge in [0.1, 0.15) is 5.75 Å². The van der Waals surface area contributed by atoms with Crippen molar-refractivity contribution in [3.8, 4) is 5.75 Å². The topological polar surface area (TPSA) is 84.0 Å². The predicted molar refractivity (Wildman–Crippen MR) is 143 cm³/mol. The van der Waals surface area contributed by atoms with Gasteiger partial charge in [-0.2, -0.15) is 0 Å². The molecule has 1 heterocycles. The highest BCUT2D eigenvalue weighted by molar-refractivity contribution is 14.0. The number of carbonyl (C=O) groups excluding carboxylic acids is 1. The second kappa shape index (κ2) is 14.0. The van der Waals surface area contributed by atoms with E-state index in [0.717, 1.165) is 43.1 Å². The van der Waals surface area contributed by atoms with Gasteiger partial charge in [-0.25, -0.2) is 4.99 Å². The van der Waals surface area contributed by atoms with Gasteiger partial charge in [0.2, 0.25) is 0 Å². The van der Waals surface area contributed by atoms with Gasteiger partial charge in [-0.3, -0.25) is 4.79 Å². The van der Waals surface area contributed by atoms with E-state index in [9.17, 15) is 4.79 Å². The molecule has 1 saturated heterocycles. The van der Waals surface area contributed by atoms with Crippen LogP contribution in [-0.4, -0.2) is 45.3 Å². The summed E-state index contributed by atoms with van der Waals surface area (Å²) in [5.74, 6) is 1.98. The Balaban J connectivity index is 0.00000385. The number of guanidine groups is 1. The number of aryl methyl sites for hydroxylation is 1. The van der Waals surface area contributed by atoms with Crippen molar-refractivity contribution >= 4 is 35.8 Å². The van der Waals surface area contributed by atoms with Crippen molar-refractivity contribution in [1.29, 1.82) is 0 Å².